The van der Waals surface area contributed by atoms with E-state index in [2.05, 4.69) is 9.88 Å². The summed E-state index contributed by atoms with van der Waals surface area (Å²) in [5.74, 6) is 0.726. The molecule has 0 saturated carbocycles. The van der Waals surface area contributed by atoms with Crippen LogP contribution in [0, 0.1) is 0 Å². The van der Waals surface area contributed by atoms with Gasteiger partial charge in [0.25, 0.3) is 5.91 Å². The van der Waals surface area contributed by atoms with Gasteiger partial charge >= 0.3 is 0 Å². The number of amides is 1. The summed E-state index contributed by atoms with van der Waals surface area (Å²) >= 11 is 0. The van der Waals surface area contributed by atoms with Crippen LogP contribution in [0.15, 0.2) is 45.9 Å². The Kier molecular flexibility index (Phi) is 4.27. The first-order chi connectivity index (χ1) is 11.2. The van der Waals surface area contributed by atoms with Crippen molar-refractivity contribution in [2.75, 3.05) is 38.2 Å². The molecular weight excluding hydrogens is 298 g/mol. The Morgan fingerprint density at radius 3 is 2.65 bits per heavy atom. The van der Waals surface area contributed by atoms with E-state index >= 15 is 0 Å². The van der Waals surface area contributed by atoms with Crippen LogP contribution >= 0.6 is 0 Å². The zero-order chi connectivity index (χ0) is 16.2. The van der Waals surface area contributed by atoms with Crippen molar-refractivity contribution in [3.63, 3.8) is 0 Å². The van der Waals surface area contributed by atoms with Crippen molar-refractivity contribution in [2.24, 2.45) is 0 Å². The summed E-state index contributed by atoms with van der Waals surface area (Å²) in [6.07, 6.45) is 2.92. The SMILES string of the molecule is COc1coc(C(=O)N2CCN(c3ccccn3)CC2)cc1=O. The molecule has 0 radical (unpaired) electrons. The second kappa shape index (κ2) is 6.51. The third kappa shape index (κ3) is 3.18. The smallest absolute Gasteiger partial charge is 0.289 e. The van der Waals surface area contributed by atoms with Crippen molar-refractivity contribution in [2.45, 2.75) is 0 Å². The van der Waals surface area contributed by atoms with Crippen molar-refractivity contribution in [1.82, 2.24) is 9.88 Å². The van der Waals surface area contributed by atoms with E-state index in [1.54, 1.807) is 11.1 Å². The van der Waals surface area contributed by atoms with Crippen LogP contribution in [0.5, 0.6) is 5.75 Å². The van der Waals surface area contributed by atoms with E-state index in [-0.39, 0.29) is 22.8 Å². The first-order valence-electron chi connectivity index (χ1n) is 7.31. The summed E-state index contributed by atoms with van der Waals surface area (Å²) in [7, 11) is 1.38. The van der Waals surface area contributed by atoms with Gasteiger partial charge in [0.1, 0.15) is 12.1 Å². The lowest BCUT2D eigenvalue weighted by Crippen LogP contribution is -2.49. The van der Waals surface area contributed by atoms with E-state index < -0.39 is 0 Å². The minimum atomic E-state index is -0.366. The summed E-state index contributed by atoms with van der Waals surface area (Å²) in [4.78, 5) is 32.2. The van der Waals surface area contributed by atoms with Gasteiger partial charge in [0.05, 0.1) is 7.11 Å². The van der Waals surface area contributed by atoms with Gasteiger partial charge < -0.3 is 19.0 Å². The first-order valence-corrected chi connectivity index (χ1v) is 7.31. The Balaban J connectivity index is 1.66. The lowest BCUT2D eigenvalue weighted by Gasteiger charge is -2.35. The molecule has 3 heterocycles. The molecule has 120 valence electrons. The second-order valence-electron chi connectivity index (χ2n) is 5.14. The third-order valence-electron chi connectivity index (χ3n) is 3.77. The monoisotopic (exact) mass is 315 g/mol. The summed E-state index contributed by atoms with van der Waals surface area (Å²) in [6, 6.07) is 6.92. The number of methoxy groups -OCH3 is 1. The summed E-state index contributed by atoms with van der Waals surface area (Å²) in [5, 5.41) is 0. The lowest BCUT2D eigenvalue weighted by molar-refractivity contribution is 0.0711. The number of pyridine rings is 1. The Labute approximate surface area is 133 Å². The fourth-order valence-electron chi connectivity index (χ4n) is 2.50. The molecule has 0 unspecified atom stereocenters. The molecule has 0 N–H and O–H groups in total. The largest absolute Gasteiger partial charge is 0.490 e. The molecule has 1 aliphatic rings. The molecule has 1 aliphatic heterocycles. The van der Waals surface area contributed by atoms with Gasteiger partial charge in [-0.2, -0.15) is 0 Å². The van der Waals surface area contributed by atoms with Crippen LogP contribution in [-0.4, -0.2) is 49.1 Å². The Morgan fingerprint density at radius 1 is 1.26 bits per heavy atom. The van der Waals surface area contributed by atoms with Crippen molar-refractivity contribution in [3.05, 3.63) is 52.7 Å². The average Bonchev–Trinajstić information content (AvgIpc) is 2.62. The number of carbonyl (C=O) groups excluding carboxylic acids is 1. The quantitative estimate of drug-likeness (QED) is 0.841. The van der Waals surface area contributed by atoms with Crippen LogP contribution in [-0.2, 0) is 0 Å². The van der Waals surface area contributed by atoms with Crippen LogP contribution in [0.2, 0.25) is 0 Å². The van der Waals surface area contributed by atoms with E-state index in [0.29, 0.717) is 26.2 Å². The molecule has 7 heteroatoms. The number of carbonyl (C=O) groups is 1. The highest BCUT2D eigenvalue weighted by Gasteiger charge is 2.24. The maximum Gasteiger partial charge on any atom is 0.289 e. The van der Waals surface area contributed by atoms with Crippen LogP contribution in [0.25, 0.3) is 0 Å². The molecule has 0 aromatic carbocycles. The Bertz CT molecular complexity index is 736. The molecule has 23 heavy (non-hydrogen) atoms. The van der Waals surface area contributed by atoms with Gasteiger partial charge in [0, 0.05) is 38.4 Å². The fraction of sp³-hybridized carbons (Fsp3) is 0.312. The number of nitrogens with zero attached hydrogens (tertiary/aromatic N) is 3. The van der Waals surface area contributed by atoms with E-state index in [0.717, 1.165) is 5.82 Å². The van der Waals surface area contributed by atoms with E-state index in [1.165, 1.54) is 19.4 Å². The standard InChI is InChI=1S/C16H17N3O4/c1-22-14-11-23-13(10-12(14)20)16(21)19-8-6-18(7-9-19)15-4-2-3-5-17-15/h2-5,10-11H,6-9H2,1H3. The highest BCUT2D eigenvalue weighted by atomic mass is 16.5. The zero-order valence-corrected chi connectivity index (χ0v) is 12.8. The number of anilines is 1. The normalized spacial score (nSPS) is 14.7. The highest BCUT2D eigenvalue weighted by molar-refractivity contribution is 5.91. The molecule has 2 aromatic heterocycles. The van der Waals surface area contributed by atoms with Crippen LogP contribution in [0.3, 0.4) is 0 Å². The number of rotatable bonds is 3. The number of ether oxygens (including phenoxy) is 1. The maximum atomic E-state index is 12.4. The highest BCUT2D eigenvalue weighted by Crippen LogP contribution is 2.14. The molecule has 0 spiro atoms. The van der Waals surface area contributed by atoms with Gasteiger partial charge in [-0.1, -0.05) is 6.07 Å². The third-order valence-corrected chi connectivity index (χ3v) is 3.77. The van der Waals surface area contributed by atoms with Crippen LogP contribution < -0.4 is 15.1 Å². The molecule has 2 aromatic rings. The molecule has 0 atom stereocenters. The molecule has 0 bridgehead atoms. The van der Waals surface area contributed by atoms with Crippen molar-refractivity contribution in [1.29, 1.82) is 0 Å². The van der Waals surface area contributed by atoms with Gasteiger partial charge in [-0.25, -0.2) is 4.98 Å². The number of piperazine rings is 1. The molecule has 1 amide bonds. The van der Waals surface area contributed by atoms with Crippen LogP contribution in [0.4, 0.5) is 5.82 Å². The molecule has 1 saturated heterocycles. The fourth-order valence-corrected chi connectivity index (χ4v) is 2.50. The Morgan fingerprint density at radius 2 is 2.04 bits per heavy atom. The van der Waals surface area contributed by atoms with E-state index in [1.807, 2.05) is 18.2 Å². The maximum absolute atomic E-state index is 12.4. The van der Waals surface area contributed by atoms with Gasteiger partial charge in [0.15, 0.2) is 5.76 Å². The van der Waals surface area contributed by atoms with Gasteiger partial charge in [-0.3, -0.25) is 9.59 Å². The number of hydrogen-bond donors (Lipinski definition) is 0. The molecule has 0 aliphatic carbocycles. The van der Waals surface area contributed by atoms with E-state index in [4.69, 9.17) is 9.15 Å². The summed E-state index contributed by atoms with van der Waals surface area (Å²) < 4.78 is 10.1. The zero-order valence-electron chi connectivity index (χ0n) is 12.8. The predicted octanol–water partition coefficient (Wildman–Crippen LogP) is 1.01. The topological polar surface area (TPSA) is 75.9 Å². The van der Waals surface area contributed by atoms with Gasteiger partial charge in [-0.05, 0) is 12.1 Å². The summed E-state index contributed by atoms with van der Waals surface area (Å²) in [6.45, 7) is 2.46. The van der Waals surface area contributed by atoms with Crippen molar-refractivity contribution in [3.8, 4) is 5.75 Å². The predicted molar refractivity (Wildman–Crippen MR) is 83.9 cm³/mol. The molecule has 1 fully saturated rings. The molecular formula is C16H17N3O4. The average molecular weight is 315 g/mol. The van der Waals surface area contributed by atoms with Crippen molar-refractivity contribution >= 4 is 11.7 Å². The number of hydrogen-bond acceptors (Lipinski definition) is 6. The first kappa shape index (κ1) is 15.1. The van der Waals surface area contributed by atoms with E-state index in [9.17, 15) is 9.59 Å². The minimum Gasteiger partial charge on any atom is -0.490 e. The van der Waals surface area contributed by atoms with Gasteiger partial charge in [-0.15, -0.1) is 0 Å². The molecule has 7 nitrogen and oxygen atoms in total. The lowest BCUT2D eigenvalue weighted by atomic mass is 10.2. The van der Waals surface area contributed by atoms with Gasteiger partial charge in [0.2, 0.25) is 11.2 Å². The van der Waals surface area contributed by atoms with Crippen LogP contribution in [0.1, 0.15) is 10.6 Å². The molecule has 3 rings (SSSR count). The van der Waals surface area contributed by atoms with Crippen molar-refractivity contribution < 1.29 is 13.9 Å². The number of aromatic nitrogens is 1. The minimum absolute atomic E-state index is 0.0297. The Hall–Kier alpha value is -2.83. The second-order valence-corrected chi connectivity index (χ2v) is 5.14. The summed E-state index contributed by atoms with van der Waals surface area (Å²) in [5.41, 5.74) is -0.366.